The lowest BCUT2D eigenvalue weighted by Crippen LogP contribution is -2.51. The van der Waals surface area contributed by atoms with Crippen LogP contribution in [0.2, 0.25) is 0 Å². The quantitative estimate of drug-likeness (QED) is 0.480. The second-order valence-electron chi connectivity index (χ2n) is 8.71. The highest BCUT2D eigenvalue weighted by molar-refractivity contribution is 8.04. The number of hydrogen-bond acceptors (Lipinski definition) is 8. The minimum Gasteiger partial charge on any atom is -0.356 e. The Hall–Kier alpha value is -3.08. The molecule has 2 aliphatic heterocycles. The number of nitrogens with zero attached hydrogens (tertiary/aromatic N) is 4. The van der Waals surface area contributed by atoms with Gasteiger partial charge < -0.3 is 15.5 Å². The number of benzene rings is 2. The van der Waals surface area contributed by atoms with Gasteiger partial charge in [0.05, 0.1) is 6.54 Å². The number of aliphatic imine (C=N–C) groups is 2. The fourth-order valence-corrected chi connectivity index (χ4v) is 5.39. The van der Waals surface area contributed by atoms with E-state index in [9.17, 15) is 9.59 Å². The third-order valence-corrected chi connectivity index (χ3v) is 7.75. The van der Waals surface area contributed by atoms with Crippen LogP contribution in [-0.4, -0.2) is 77.3 Å². The first-order valence-corrected chi connectivity index (χ1v) is 14.8. The number of amidine groups is 1. The van der Waals surface area contributed by atoms with Crippen LogP contribution < -0.4 is 11.1 Å². The summed E-state index contributed by atoms with van der Waals surface area (Å²) in [6, 6.07) is 17.9. The summed E-state index contributed by atoms with van der Waals surface area (Å²) in [6.45, 7) is 8.24. The standard InChI is InChI=1S/C27H32N6O2S2.C2H6/c1-19-29-27(31-25(34)17-28)30-24(12-11-23(18-36)37-19)32-13-15-33(16-14-32)26(35)22-9-7-21(8-10-22)20-5-3-2-4-6-20;1-2/h2-11,19,36H,12-18,28H2,1H3,(H,29,31,34);1-2H3/b23-11-,30-24+;. The van der Waals surface area contributed by atoms with Crippen molar-refractivity contribution in [1.82, 2.24) is 15.1 Å². The first-order chi connectivity index (χ1) is 19.0. The Kier molecular flexibility index (Phi) is 12.1. The Bertz CT molecular complexity index is 1190. The predicted molar refractivity (Wildman–Crippen MR) is 166 cm³/mol. The van der Waals surface area contributed by atoms with Crippen molar-refractivity contribution >= 4 is 48.0 Å². The van der Waals surface area contributed by atoms with Crippen LogP contribution in [0.1, 0.15) is 37.6 Å². The maximum absolute atomic E-state index is 13.2. The van der Waals surface area contributed by atoms with Crippen molar-refractivity contribution in [2.75, 3.05) is 38.5 Å². The van der Waals surface area contributed by atoms with Crippen LogP contribution in [0.5, 0.6) is 0 Å². The number of guanidine groups is 1. The summed E-state index contributed by atoms with van der Waals surface area (Å²) in [6.07, 6.45) is 2.70. The van der Waals surface area contributed by atoms with Gasteiger partial charge in [0.15, 0.2) is 0 Å². The average Bonchev–Trinajstić information content (AvgIpc) is 3.06. The molecular weight excluding hydrogens is 528 g/mol. The highest BCUT2D eigenvalue weighted by Gasteiger charge is 2.25. The molecule has 1 atom stereocenters. The zero-order valence-corrected chi connectivity index (χ0v) is 24.5. The molecule has 1 fully saturated rings. The fraction of sp³-hybridized carbons (Fsp3) is 0.379. The monoisotopic (exact) mass is 566 g/mol. The molecule has 0 radical (unpaired) electrons. The van der Waals surface area contributed by atoms with Crippen molar-refractivity contribution < 1.29 is 9.59 Å². The first-order valence-electron chi connectivity index (χ1n) is 13.3. The van der Waals surface area contributed by atoms with Gasteiger partial charge in [-0.15, -0.1) is 11.8 Å². The van der Waals surface area contributed by atoms with Gasteiger partial charge in [-0.05, 0) is 35.1 Å². The Balaban J connectivity index is 0.00000205. The number of carbonyl (C=O) groups is 2. The largest absolute Gasteiger partial charge is 0.356 e. The average molecular weight is 567 g/mol. The van der Waals surface area contributed by atoms with Crippen molar-refractivity contribution in [3.05, 3.63) is 71.1 Å². The van der Waals surface area contributed by atoms with Gasteiger partial charge in [-0.1, -0.05) is 62.4 Å². The van der Waals surface area contributed by atoms with Crippen LogP contribution >= 0.6 is 24.4 Å². The van der Waals surface area contributed by atoms with Gasteiger partial charge in [0.1, 0.15) is 11.2 Å². The van der Waals surface area contributed by atoms with Gasteiger partial charge in [-0.25, -0.2) is 4.99 Å². The zero-order chi connectivity index (χ0) is 28.2. The van der Waals surface area contributed by atoms with Crippen LogP contribution in [-0.2, 0) is 4.79 Å². The van der Waals surface area contributed by atoms with Crippen LogP contribution in [0.4, 0.5) is 0 Å². The summed E-state index contributed by atoms with van der Waals surface area (Å²) < 4.78 is 0. The molecule has 1 saturated heterocycles. The van der Waals surface area contributed by atoms with Crippen LogP contribution in [0.25, 0.3) is 11.1 Å². The zero-order valence-electron chi connectivity index (χ0n) is 22.8. The number of thiol groups is 1. The Morgan fingerprint density at radius 2 is 1.67 bits per heavy atom. The number of rotatable bonds is 4. The van der Waals surface area contributed by atoms with Gasteiger partial charge in [0, 0.05) is 43.9 Å². The maximum Gasteiger partial charge on any atom is 0.253 e. The maximum atomic E-state index is 13.2. The molecule has 0 saturated carbocycles. The van der Waals surface area contributed by atoms with Crippen molar-refractivity contribution in [2.24, 2.45) is 15.7 Å². The van der Waals surface area contributed by atoms with E-state index >= 15 is 0 Å². The van der Waals surface area contributed by atoms with Crippen LogP contribution in [0.15, 0.2) is 75.6 Å². The van der Waals surface area contributed by atoms with E-state index in [1.54, 1.807) is 11.8 Å². The molecule has 0 bridgehead atoms. The molecule has 2 heterocycles. The lowest BCUT2D eigenvalue weighted by atomic mass is 10.0. The molecule has 1 unspecified atom stereocenters. The smallest absolute Gasteiger partial charge is 0.253 e. The first kappa shape index (κ1) is 30.5. The molecule has 10 heteroatoms. The topological polar surface area (TPSA) is 103 Å². The molecule has 2 aromatic rings. The normalized spacial score (nSPS) is 21.8. The van der Waals surface area contributed by atoms with Crippen LogP contribution in [0.3, 0.4) is 0 Å². The van der Waals surface area contributed by atoms with E-state index in [2.05, 4.69) is 46.0 Å². The molecule has 4 rings (SSSR count). The Morgan fingerprint density at radius 3 is 2.28 bits per heavy atom. The number of hydrogen-bond donors (Lipinski definition) is 3. The molecule has 8 nitrogen and oxygen atoms in total. The van der Waals surface area contributed by atoms with E-state index < -0.39 is 0 Å². The van der Waals surface area contributed by atoms with E-state index in [0.717, 1.165) is 21.9 Å². The third-order valence-electron chi connectivity index (χ3n) is 6.14. The van der Waals surface area contributed by atoms with E-state index in [0.29, 0.717) is 43.9 Å². The van der Waals surface area contributed by atoms with E-state index in [4.69, 9.17) is 10.7 Å². The van der Waals surface area contributed by atoms with Crippen molar-refractivity contribution in [1.29, 1.82) is 0 Å². The molecule has 0 aliphatic carbocycles. The number of thioether (sulfide) groups is 1. The van der Waals surface area contributed by atoms with Gasteiger partial charge in [0.2, 0.25) is 11.9 Å². The number of amides is 2. The predicted octanol–water partition coefficient (Wildman–Crippen LogP) is 4.26. The third kappa shape index (κ3) is 8.71. The lowest BCUT2D eigenvalue weighted by molar-refractivity contribution is -0.118. The molecule has 0 spiro atoms. The van der Waals surface area contributed by atoms with Gasteiger partial charge >= 0.3 is 0 Å². The number of nitrogens with two attached hydrogens (primary N) is 1. The summed E-state index contributed by atoms with van der Waals surface area (Å²) in [4.78, 5) is 39.6. The Morgan fingerprint density at radius 1 is 1.03 bits per heavy atom. The lowest BCUT2D eigenvalue weighted by Gasteiger charge is -2.36. The van der Waals surface area contributed by atoms with Crippen LogP contribution in [0, 0.1) is 0 Å². The minimum absolute atomic E-state index is 0.0237. The molecule has 39 heavy (non-hydrogen) atoms. The van der Waals surface area contributed by atoms with Gasteiger partial charge in [-0.3, -0.25) is 14.9 Å². The molecule has 2 aromatic carbocycles. The number of nitrogens with one attached hydrogen (secondary N) is 1. The molecule has 0 aromatic heterocycles. The van der Waals surface area contributed by atoms with Gasteiger partial charge in [-0.2, -0.15) is 17.6 Å². The molecule has 3 N–H and O–H groups in total. The molecular formula is C29H38N6O2S2. The Labute approximate surface area is 241 Å². The second-order valence-corrected chi connectivity index (χ2v) is 10.5. The highest BCUT2D eigenvalue weighted by Crippen LogP contribution is 2.26. The minimum atomic E-state index is -0.339. The number of carbonyl (C=O) groups excluding carboxylic acids is 2. The number of piperazine rings is 1. The fourth-order valence-electron chi connectivity index (χ4n) is 4.19. The summed E-state index contributed by atoms with van der Waals surface area (Å²) in [5, 5.41) is 2.59. The van der Waals surface area contributed by atoms with E-state index in [1.807, 2.05) is 68.1 Å². The van der Waals surface area contributed by atoms with Crippen molar-refractivity contribution in [2.45, 2.75) is 32.6 Å². The summed E-state index contributed by atoms with van der Waals surface area (Å²) in [5.74, 6) is 1.35. The van der Waals surface area contributed by atoms with Crippen molar-refractivity contribution in [3.8, 4) is 11.1 Å². The SMILES string of the molecule is CC.CC1/N=C(NC(=O)CN)\N=C(\N2CCN(C(=O)c3ccc(-c4ccccc4)cc3)CC2)C/C=C(/CS)S1. The summed E-state index contributed by atoms with van der Waals surface area (Å²) in [7, 11) is 0. The van der Waals surface area contributed by atoms with E-state index in [1.165, 1.54) is 0 Å². The summed E-state index contributed by atoms with van der Waals surface area (Å²) >= 11 is 6.04. The van der Waals surface area contributed by atoms with Gasteiger partial charge in [0.25, 0.3) is 5.91 Å². The second kappa shape index (κ2) is 15.5. The van der Waals surface area contributed by atoms with E-state index in [-0.39, 0.29) is 29.7 Å². The highest BCUT2D eigenvalue weighted by atomic mass is 32.2. The van der Waals surface area contributed by atoms with Crippen molar-refractivity contribution in [3.63, 3.8) is 0 Å². The molecule has 2 amide bonds. The summed E-state index contributed by atoms with van der Waals surface area (Å²) in [5.41, 5.74) is 8.37. The molecule has 208 valence electrons. The molecule has 2 aliphatic rings.